The van der Waals surface area contributed by atoms with Gasteiger partial charge in [-0.2, -0.15) is 0 Å². The van der Waals surface area contributed by atoms with Crippen molar-refractivity contribution < 1.29 is 18.0 Å². The smallest absolute Gasteiger partial charge is 0.264 e. The van der Waals surface area contributed by atoms with Crippen LogP contribution in [0.2, 0.25) is 10.0 Å². The Morgan fingerprint density at radius 3 is 2.02 bits per heavy atom. The van der Waals surface area contributed by atoms with Gasteiger partial charge in [-0.3, -0.25) is 13.9 Å². The van der Waals surface area contributed by atoms with Crippen LogP contribution in [0.15, 0.2) is 108 Å². The molecule has 236 valence electrons. The number of benzene rings is 4. The Morgan fingerprint density at radius 2 is 1.44 bits per heavy atom. The lowest BCUT2D eigenvalue weighted by molar-refractivity contribution is -0.140. The summed E-state index contributed by atoms with van der Waals surface area (Å²) in [6, 6.07) is 28.2. The van der Waals surface area contributed by atoms with E-state index in [0.717, 1.165) is 15.4 Å². The number of amides is 2. The molecule has 1 atom stereocenters. The first-order valence-corrected chi connectivity index (χ1v) is 16.7. The number of rotatable bonds is 11. The monoisotopic (exact) mass is 665 g/mol. The number of hydrogen-bond acceptors (Lipinski definition) is 4. The normalized spacial score (nSPS) is 12.3. The Hall–Kier alpha value is -3.85. The maximum absolute atomic E-state index is 14.5. The second-order valence-corrected chi connectivity index (χ2v) is 14.6. The third-order valence-corrected chi connectivity index (χ3v) is 9.43. The van der Waals surface area contributed by atoms with E-state index in [2.05, 4.69) is 5.32 Å². The van der Waals surface area contributed by atoms with E-state index in [0.29, 0.717) is 21.3 Å². The summed E-state index contributed by atoms with van der Waals surface area (Å²) in [5.74, 6) is -0.956. The van der Waals surface area contributed by atoms with Gasteiger partial charge in [0.25, 0.3) is 10.0 Å². The molecule has 0 unspecified atom stereocenters. The Kier molecular flexibility index (Phi) is 11.0. The Morgan fingerprint density at radius 1 is 0.844 bits per heavy atom. The molecule has 0 saturated heterocycles. The van der Waals surface area contributed by atoms with E-state index in [9.17, 15) is 18.0 Å². The first-order chi connectivity index (χ1) is 21.2. The van der Waals surface area contributed by atoms with Gasteiger partial charge in [0.05, 0.1) is 10.6 Å². The fraction of sp³-hybridized carbons (Fsp3) is 0.257. The van der Waals surface area contributed by atoms with Crippen LogP contribution in [0.3, 0.4) is 0 Å². The number of hydrogen-bond donors (Lipinski definition) is 1. The highest BCUT2D eigenvalue weighted by atomic mass is 35.5. The summed E-state index contributed by atoms with van der Waals surface area (Å²) < 4.78 is 29.2. The zero-order valence-corrected chi connectivity index (χ0v) is 28.0. The molecule has 0 heterocycles. The molecule has 4 rings (SSSR count). The fourth-order valence-electron chi connectivity index (χ4n) is 4.80. The number of halogens is 2. The molecule has 0 saturated carbocycles. The van der Waals surface area contributed by atoms with Crippen molar-refractivity contribution in [1.82, 2.24) is 10.2 Å². The standard InChI is InChI=1S/C35H37Cl2N3O4S/c1-25-15-19-30(20-16-25)45(43,44)40(29-13-9-6-10-14-29)24-33(41)39(23-27-17-18-28(36)22-31(27)37)32(34(42)38-35(2,3)4)21-26-11-7-5-8-12-26/h5-20,22,32H,21,23-24H2,1-4H3,(H,38,42)/t32-/m0/s1. The van der Waals surface area contributed by atoms with Crippen LogP contribution < -0.4 is 9.62 Å². The second kappa shape index (κ2) is 14.5. The highest BCUT2D eigenvalue weighted by molar-refractivity contribution is 7.92. The van der Waals surface area contributed by atoms with Crippen LogP contribution in [0.1, 0.15) is 37.5 Å². The van der Waals surface area contributed by atoms with Crippen LogP contribution in [0.4, 0.5) is 5.69 Å². The lowest BCUT2D eigenvalue weighted by atomic mass is 10.0. The van der Waals surface area contributed by atoms with Crippen molar-refractivity contribution in [2.45, 2.75) is 57.1 Å². The van der Waals surface area contributed by atoms with E-state index < -0.39 is 34.1 Å². The van der Waals surface area contributed by atoms with Crippen molar-refractivity contribution in [3.05, 3.63) is 130 Å². The molecule has 2 amide bonds. The SMILES string of the molecule is Cc1ccc(S(=O)(=O)N(CC(=O)N(Cc2ccc(Cl)cc2Cl)[C@@H](Cc2ccccc2)C(=O)NC(C)(C)C)c2ccccc2)cc1. The van der Waals surface area contributed by atoms with Gasteiger partial charge in [-0.15, -0.1) is 0 Å². The minimum Gasteiger partial charge on any atom is -0.350 e. The number of nitrogens with zero attached hydrogens (tertiary/aromatic N) is 2. The Labute approximate surface area is 275 Å². The molecule has 0 radical (unpaired) electrons. The van der Waals surface area contributed by atoms with E-state index in [1.54, 1.807) is 60.7 Å². The largest absolute Gasteiger partial charge is 0.350 e. The number of aryl methyl sites for hydroxylation is 1. The summed E-state index contributed by atoms with van der Waals surface area (Å²) in [7, 11) is -4.18. The molecule has 0 bridgehead atoms. The molecule has 1 N–H and O–H groups in total. The van der Waals surface area contributed by atoms with Gasteiger partial charge in [0, 0.05) is 28.5 Å². The summed E-state index contributed by atoms with van der Waals surface area (Å²) in [6.07, 6.45) is 0.190. The number of carbonyl (C=O) groups excluding carboxylic acids is 2. The van der Waals surface area contributed by atoms with E-state index in [-0.39, 0.29) is 23.8 Å². The molecule has 0 aliphatic carbocycles. The number of carbonyl (C=O) groups is 2. The minimum absolute atomic E-state index is 0.0448. The lowest BCUT2D eigenvalue weighted by Crippen LogP contribution is -2.56. The average Bonchev–Trinajstić information content (AvgIpc) is 2.98. The summed E-state index contributed by atoms with van der Waals surface area (Å²) in [6.45, 7) is 6.83. The summed E-state index contributed by atoms with van der Waals surface area (Å²) in [5.41, 5.74) is 2.01. The third kappa shape index (κ3) is 9.10. The number of sulfonamides is 1. The van der Waals surface area contributed by atoms with Gasteiger partial charge in [-0.25, -0.2) is 8.42 Å². The maximum atomic E-state index is 14.5. The van der Waals surface area contributed by atoms with Crippen LogP contribution in [0.25, 0.3) is 0 Å². The molecule has 4 aromatic rings. The molecule has 0 fully saturated rings. The predicted molar refractivity (Wildman–Crippen MR) is 181 cm³/mol. The topological polar surface area (TPSA) is 86.8 Å². The Balaban J connectivity index is 1.82. The molecule has 10 heteroatoms. The summed E-state index contributed by atoms with van der Waals surface area (Å²) >= 11 is 12.7. The van der Waals surface area contributed by atoms with Crippen LogP contribution in [-0.4, -0.2) is 43.3 Å². The number of anilines is 1. The van der Waals surface area contributed by atoms with Crippen LogP contribution >= 0.6 is 23.2 Å². The van der Waals surface area contributed by atoms with Gasteiger partial charge in [-0.1, -0.05) is 95.5 Å². The molecule has 4 aromatic carbocycles. The quantitative estimate of drug-likeness (QED) is 0.186. The average molecular weight is 667 g/mol. The third-order valence-electron chi connectivity index (χ3n) is 7.06. The van der Waals surface area contributed by atoms with Crippen LogP contribution in [0, 0.1) is 6.92 Å². The van der Waals surface area contributed by atoms with E-state index in [4.69, 9.17) is 23.2 Å². The zero-order chi connectivity index (χ0) is 32.8. The van der Waals surface area contributed by atoms with E-state index >= 15 is 0 Å². The Bertz CT molecular complexity index is 1730. The molecule has 7 nitrogen and oxygen atoms in total. The van der Waals surface area contributed by atoms with Gasteiger partial charge in [0.15, 0.2) is 0 Å². The first kappa shape index (κ1) is 34.0. The van der Waals surface area contributed by atoms with Crippen molar-refractivity contribution >= 4 is 50.7 Å². The van der Waals surface area contributed by atoms with Crippen LogP contribution in [0.5, 0.6) is 0 Å². The molecule has 0 aromatic heterocycles. The number of nitrogens with one attached hydrogen (secondary N) is 1. The molecular weight excluding hydrogens is 629 g/mol. The van der Waals surface area contributed by atoms with Gasteiger partial charge < -0.3 is 10.2 Å². The van der Waals surface area contributed by atoms with Gasteiger partial charge in [-0.05, 0) is 75.2 Å². The van der Waals surface area contributed by atoms with E-state index in [1.807, 2.05) is 58.0 Å². The van der Waals surface area contributed by atoms with Crippen LogP contribution in [-0.2, 0) is 32.6 Å². The molecule has 45 heavy (non-hydrogen) atoms. The van der Waals surface area contributed by atoms with Crippen molar-refractivity contribution in [3.63, 3.8) is 0 Å². The van der Waals surface area contributed by atoms with Crippen molar-refractivity contribution in [1.29, 1.82) is 0 Å². The maximum Gasteiger partial charge on any atom is 0.264 e. The molecular formula is C35H37Cl2N3O4S. The summed E-state index contributed by atoms with van der Waals surface area (Å²) in [5, 5.41) is 3.76. The van der Waals surface area contributed by atoms with Gasteiger partial charge >= 0.3 is 0 Å². The lowest BCUT2D eigenvalue weighted by Gasteiger charge is -2.35. The summed E-state index contributed by atoms with van der Waals surface area (Å²) in [4.78, 5) is 29.9. The van der Waals surface area contributed by atoms with E-state index in [1.165, 1.54) is 17.0 Å². The molecule has 0 aliphatic rings. The first-order valence-electron chi connectivity index (χ1n) is 14.5. The van der Waals surface area contributed by atoms with Gasteiger partial charge in [0.1, 0.15) is 12.6 Å². The van der Waals surface area contributed by atoms with Crippen molar-refractivity contribution in [2.75, 3.05) is 10.8 Å². The second-order valence-electron chi connectivity index (χ2n) is 11.9. The predicted octanol–water partition coefficient (Wildman–Crippen LogP) is 7.05. The number of para-hydroxylation sites is 1. The minimum atomic E-state index is -4.18. The molecule has 0 spiro atoms. The fourth-order valence-corrected chi connectivity index (χ4v) is 6.68. The van der Waals surface area contributed by atoms with Crippen molar-refractivity contribution in [2.24, 2.45) is 0 Å². The molecule has 0 aliphatic heterocycles. The highest BCUT2D eigenvalue weighted by Gasteiger charge is 2.35. The van der Waals surface area contributed by atoms with Gasteiger partial charge in [0.2, 0.25) is 11.8 Å². The zero-order valence-electron chi connectivity index (χ0n) is 25.7. The highest BCUT2D eigenvalue weighted by Crippen LogP contribution is 2.27. The van der Waals surface area contributed by atoms with Crippen molar-refractivity contribution in [3.8, 4) is 0 Å².